The van der Waals surface area contributed by atoms with Crippen molar-refractivity contribution in [2.24, 2.45) is 0 Å². The molecule has 0 heterocycles. The fraction of sp³-hybridized carbons (Fsp3) is 0.316. The molecule has 1 N–H and O–H groups in total. The van der Waals surface area contributed by atoms with E-state index in [9.17, 15) is 13.2 Å². The van der Waals surface area contributed by atoms with E-state index in [-0.39, 0.29) is 10.8 Å². The maximum atomic E-state index is 12.6. The van der Waals surface area contributed by atoms with Crippen LogP contribution in [-0.2, 0) is 10.0 Å². The van der Waals surface area contributed by atoms with Crippen molar-refractivity contribution in [3.8, 4) is 0 Å². The molecule has 1 amide bonds. The highest BCUT2D eigenvalue weighted by atomic mass is 32.2. The van der Waals surface area contributed by atoms with Crippen molar-refractivity contribution in [1.29, 1.82) is 0 Å². The number of sulfonamides is 1. The number of benzene rings is 2. The number of anilines is 1. The number of carbonyl (C=O) groups is 1. The number of nitrogens with one attached hydrogen (secondary N) is 1. The van der Waals surface area contributed by atoms with E-state index in [0.29, 0.717) is 24.3 Å². The number of hydrogen-bond acceptors (Lipinski definition) is 3. The molecule has 25 heavy (non-hydrogen) atoms. The summed E-state index contributed by atoms with van der Waals surface area (Å²) in [6.07, 6.45) is 0. The lowest BCUT2D eigenvalue weighted by atomic mass is 10.1. The topological polar surface area (TPSA) is 66.5 Å². The number of para-hydroxylation sites is 1. The highest BCUT2D eigenvalue weighted by molar-refractivity contribution is 7.92. The van der Waals surface area contributed by atoms with Crippen LogP contribution >= 0.6 is 0 Å². The minimum atomic E-state index is -3.71. The lowest BCUT2D eigenvalue weighted by molar-refractivity contribution is 0.0773. The lowest BCUT2D eigenvalue weighted by Crippen LogP contribution is -2.30. The average Bonchev–Trinajstić information content (AvgIpc) is 2.59. The molecule has 0 aliphatic carbocycles. The van der Waals surface area contributed by atoms with Gasteiger partial charge in [-0.25, -0.2) is 8.42 Å². The Hall–Kier alpha value is -2.34. The molecule has 0 spiro atoms. The molecule has 0 saturated heterocycles. The Bertz CT molecular complexity index is 834. The summed E-state index contributed by atoms with van der Waals surface area (Å²) in [5.74, 6) is -0.100. The van der Waals surface area contributed by atoms with E-state index in [0.717, 1.165) is 11.1 Å². The monoisotopic (exact) mass is 360 g/mol. The van der Waals surface area contributed by atoms with Gasteiger partial charge in [-0.15, -0.1) is 0 Å². The first-order chi connectivity index (χ1) is 11.8. The molecular formula is C19H24N2O3S. The van der Waals surface area contributed by atoms with Gasteiger partial charge in [0.25, 0.3) is 15.9 Å². The highest BCUT2D eigenvalue weighted by Crippen LogP contribution is 2.23. The van der Waals surface area contributed by atoms with Gasteiger partial charge in [0, 0.05) is 18.7 Å². The van der Waals surface area contributed by atoms with Crippen molar-refractivity contribution in [2.75, 3.05) is 17.8 Å². The Morgan fingerprint density at radius 2 is 1.48 bits per heavy atom. The van der Waals surface area contributed by atoms with Crippen molar-refractivity contribution >= 4 is 21.6 Å². The summed E-state index contributed by atoms with van der Waals surface area (Å²) in [5, 5.41) is 0. The minimum Gasteiger partial charge on any atom is -0.339 e. The summed E-state index contributed by atoms with van der Waals surface area (Å²) in [4.78, 5) is 14.1. The van der Waals surface area contributed by atoms with Crippen LogP contribution in [0.2, 0.25) is 0 Å². The van der Waals surface area contributed by atoms with Crippen LogP contribution in [0.25, 0.3) is 0 Å². The van der Waals surface area contributed by atoms with Gasteiger partial charge in [-0.3, -0.25) is 9.52 Å². The van der Waals surface area contributed by atoms with Gasteiger partial charge in [0.2, 0.25) is 0 Å². The van der Waals surface area contributed by atoms with Gasteiger partial charge in [-0.1, -0.05) is 18.2 Å². The fourth-order valence-electron chi connectivity index (χ4n) is 2.64. The normalized spacial score (nSPS) is 11.2. The maximum absolute atomic E-state index is 12.6. The molecule has 0 aliphatic heterocycles. The Kier molecular flexibility index (Phi) is 5.85. The molecule has 0 bridgehead atoms. The predicted molar refractivity (Wildman–Crippen MR) is 100 cm³/mol. The first-order valence-electron chi connectivity index (χ1n) is 8.28. The second kappa shape index (κ2) is 7.70. The van der Waals surface area contributed by atoms with Gasteiger partial charge >= 0.3 is 0 Å². The van der Waals surface area contributed by atoms with Crippen LogP contribution in [-0.4, -0.2) is 32.3 Å². The summed E-state index contributed by atoms with van der Waals surface area (Å²) in [6, 6.07) is 11.6. The van der Waals surface area contributed by atoms with E-state index in [4.69, 9.17) is 0 Å². The lowest BCUT2D eigenvalue weighted by Gasteiger charge is -2.18. The fourth-order valence-corrected chi connectivity index (χ4v) is 3.84. The molecule has 6 heteroatoms. The average molecular weight is 360 g/mol. The smallest absolute Gasteiger partial charge is 0.261 e. The highest BCUT2D eigenvalue weighted by Gasteiger charge is 2.18. The zero-order valence-corrected chi connectivity index (χ0v) is 15.9. The third kappa shape index (κ3) is 4.20. The van der Waals surface area contributed by atoms with Crippen molar-refractivity contribution in [3.63, 3.8) is 0 Å². The molecule has 0 aromatic heterocycles. The van der Waals surface area contributed by atoms with Gasteiger partial charge in [-0.05, 0) is 63.1 Å². The van der Waals surface area contributed by atoms with Crippen molar-refractivity contribution < 1.29 is 13.2 Å². The first-order valence-corrected chi connectivity index (χ1v) is 9.76. The SMILES string of the molecule is CCN(CC)C(=O)c1ccc(S(=O)(=O)Nc2c(C)cccc2C)cc1. The Morgan fingerprint density at radius 3 is 1.96 bits per heavy atom. The van der Waals surface area contributed by atoms with Crippen molar-refractivity contribution in [3.05, 3.63) is 59.2 Å². The first kappa shape index (κ1) is 19.0. The number of hydrogen-bond donors (Lipinski definition) is 1. The Labute approximate surface area is 149 Å². The van der Waals surface area contributed by atoms with Gasteiger partial charge in [0.15, 0.2) is 0 Å². The van der Waals surface area contributed by atoms with Crippen molar-refractivity contribution in [2.45, 2.75) is 32.6 Å². The van der Waals surface area contributed by atoms with Gasteiger partial charge in [0.05, 0.1) is 10.6 Å². The number of aryl methyl sites for hydroxylation is 2. The van der Waals surface area contributed by atoms with E-state index < -0.39 is 10.0 Å². The van der Waals surface area contributed by atoms with E-state index >= 15 is 0 Å². The molecule has 5 nitrogen and oxygen atoms in total. The summed E-state index contributed by atoms with van der Waals surface area (Å²) in [5.41, 5.74) is 2.79. The zero-order valence-electron chi connectivity index (χ0n) is 15.0. The van der Waals surface area contributed by atoms with Gasteiger partial charge in [-0.2, -0.15) is 0 Å². The molecule has 0 radical (unpaired) electrons. The maximum Gasteiger partial charge on any atom is 0.261 e. The minimum absolute atomic E-state index is 0.100. The number of amides is 1. The summed E-state index contributed by atoms with van der Waals surface area (Å²) in [6.45, 7) is 8.77. The quantitative estimate of drug-likeness (QED) is 0.856. The van der Waals surface area contributed by atoms with Crippen molar-refractivity contribution in [1.82, 2.24) is 4.90 Å². The van der Waals surface area contributed by atoms with E-state index in [1.165, 1.54) is 12.1 Å². The van der Waals surface area contributed by atoms with E-state index in [1.807, 2.05) is 45.9 Å². The zero-order chi connectivity index (χ0) is 18.6. The third-order valence-corrected chi connectivity index (χ3v) is 5.55. The van der Waals surface area contributed by atoms with E-state index in [1.54, 1.807) is 17.0 Å². The molecule has 2 aromatic carbocycles. The molecule has 2 rings (SSSR count). The van der Waals surface area contributed by atoms with E-state index in [2.05, 4.69) is 4.72 Å². The second-order valence-corrected chi connectivity index (χ2v) is 7.56. The molecule has 0 atom stereocenters. The van der Waals surface area contributed by atoms with Crippen LogP contribution in [0, 0.1) is 13.8 Å². The predicted octanol–water partition coefficient (Wildman–Crippen LogP) is 3.59. The van der Waals surface area contributed by atoms with Gasteiger partial charge in [0.1, 0.15) is 0 Å². The number of carbonyl (C=O) groups excluding carboxylic acids is 1. The molecule has 0 saturated carbocycles. The largest absolute Gasteiger partial charge is 0.339 e. The van der Waals surface area contributed by atoms with Crippen LogP contribution < -0.4 is 4.72 Å². The Morgan fingerprint density at radius 1 is 0.960 bits per heavy atom. The number of rotatable bonds is 6. The Balaban J connectivity index is 2.28. The van der Waals surface area contributed by atoms with Crippen LogP contribution in [0.15, 0.2) is 47.4 Å². The van der Waals surface area contributed by atoms with Crippen LogP contribution in [0.4, 0.5) is 5.69 Å². The molecular weight excluding hydrogens is 336 g/mol. The van der Waals surface area contributed by atoms with Crippen LogP contribution in [0.1, 0.15) is 35.3 Å². The standard InChI is InChI=1S/C19H24N2O3S/c1-5-21(6-2)19(22)16-10-12-17(13-11-16)25(23,24)20-18-14(3)8-7-9-15(18)4/h7-13,20H,5-6H2,1-4H3. The third-order valence-electron chi connectivity index (χ3n) is 4.18. The molecule has 0 fully saturated rings. The summed E-state index contributed by atoms with van der Waals surface area (Å²) in [7, 11) is -3.71. The summed E-state index contributed by atoms with van der Waals surface area (Å²) >= 11 is 0. The molecule has 134 valence electrons. The molecule has 2 aromatic rings. The van der Waals surface area contributed by atoms with Crippen LogP contribution in [0.3, 0.4) is 0 Å². The molecule has 0 aliphatic rings. The second-order valence-electron chi connectivity index (χ2n) is 5.87. The van der Waals surface area contributed by atoms with Crippen LogP contribution in [0.5, 0.6) is 0 Å². The number of nitrogens with zero attached hydrogens (tertiary/aromatic N) is 1. The van der Waals surface area contributed by atoms with Gasteiger partial charge < -0.3 is 4.90 Å². The molecule has 0 unspecified atom stereocenters. The summed E-state index contributed by atoms with van der Waals surface area (Å²) < 4.78 is 27.9.